The van der Waals surface area contributed by atoms with Crippen LogP contribution in [0, 0.1) is 13.8 Å². The van der Waals surface area contributed by atoms with E-state index in [1.54, 1.807) is 0 Å². The Balaban J connectivity index is 1.85. The molecule has 20 heavy (non-hydrogen) atoms. The molecular weight excluding hydrogens is 252 g/mol. The van der Waals surface area contributed by atoms with Gasteiger partial charge >= 0.3 is 0 Å². The van der Waals surface area contributed by atoms with Gasteiger partial charge in [-0.25, -0.2) is 0 Å². The van der Waals surface area contributed by atoms with Gasteiger partial charge in [-0.1, -0.05) is 35.9 Å². The van der Waals surface area contributed by atoms with Crippen LogP contribution in [-0.2, 0) is 0 Å². The van der Waals surface area contributed by atoms with Gasteiger partial charge in [-0.2, -0.15) is 0 Å². The molecule has 1 heterocycles. The number of para-hydroxylation sites is 2. The zero-order chi connectivity index (χ0) is 14.1. The highest BCUT2D eigenvalue weighted by atomic mass is 16.6. The van der Waals surface area contributed by atoms with E-state index in [0.717, 1.165) is 22.4 Å². The Morgan fingerprint density at radius 2 is 1.85 bits per heavy atom. The third kappa shape index (κ3) is 2.37. The van der Waals surface area contributed by atoms with E-state index in [1.807, 2.05) is 56.3 Å². The summed E-state index contributed by atoms with van der Waals surface area (Å²) in [5.41, 5.74) is 3.09. The molecule has 1 aliphatic rings. The van der Waals surface area contributed by atoms with E-state index in [-0.39, 0.29) is 6.10 Å². The van der Waals surface area contributed by atoms with Gasteiger partial charge in [0.15, 0.2) is 17.6 Å². The van der Waals surface area contributed by atoms with Gasteiger partial charge in [0.1, 0.15) is 12.7 Å². The van der Waals surface area contributed by atoms with Crippen LogP contribution in [0.25, 0.3) is 0 Å². The molecule has 0 amide bonds. The monoisotopic (exact) mass is 270 g/mol. The van der Waals surface area contributed by atoms with Crippen LogP contribution in [0.15, 0.2) is 42.5 Å². The zero-order valence-corrected chi connectivity index (χ0v) is 11.7. The van der Waals surface area contributed by atoms with Crippen LogP contribution in [0.3, 0.4) is 0 Å². The molecule has 3 heteroatoms. The van der Waals surface area contributed by atoms with E-state index in [4.69, 9.17) is 9.47 Å². The predicted octanol–water partition coefficient (Wildman–Crippen LogP) is 3.18. The van der Waals surface area contributed by atoms with Crippen molar-refractivity contribution in [3.05, 3.63) is 59.2 Å². The van der Waals surface area contributed by atoms with Gasteiger partial charge in [0.05, 0.1) is 0 Å². The lowest BCUT2D eigenvalue weighted by molar-refractivity contribution is -0.0116. The number of rotatable bonds is 2. The Morgan fingerprint density at radius 3 is 2.65 bits per heavy atom. The van der Waals surface area contributed by atoms with Crippen LogP contribution < -0.4 is 9.47 Å². The lowest BCUT2D eigenvalue weighted by Gasteiger charge is -2.30. The number of aliphatic hydroxyl groups is 1. The quantitative estimate of drug-likeness (QED) is 0.911. The largest absolute Gasteiger partial charge is 0.486 e. The molecule has 0 spiro atoms. The van der Waals surface area contributed by atoms with Crippen molar-refractivity contribution < 1.29 is 14.6 Å². The Kier molecular flexibility index (Phi) is 3.36. The molecule has 104 valence electrons. The Labute approximate surface area is 118 Å². The first-order valence-electron chi connectivity index (χ1n) is 6.79. The first-order chi connectivity index (χ1) is 9.65. The highest BCUT2D eigenvalue weighted by Gasteiger charge is 2.29. The third-order valence-corrected chi connectivity index (χ3v) is 3.64. The summed E-state index contributed by atoms with van der Waals surface area (Å²) in [6, 6.07) is 13.6. The molecule has 0 aliphatic carbocycles. The Hall–Kier alpha value is -2.00. The van der Waals surface area contributed by atoms with Crippen molar-refractivity contribution in [3.63, 3.8) is 0 Å². The second-order valence-electron chi connectivity index (χ2n) is 5.22. The van der Waals surface area contributed by atoms with Crippen molar-refractivity contribution in [2.24, 2.45) is 0 Å². The molecule has 0 radical (unpaired) electrons. The van der Waals surface area contributed by atoms with Crippen LogP contribution in [0.5, 0.6) is 11.5 Å². The van der Waals surface area contributed by atoms with Crippen LogP contribution in [-0.4, -0.2) is 17.8 Å². The summed E-state index contributed by atoms with van der Waals surface area (Å²) in [6.45, 7) is 4.37. The first kappa shape index (κ1) is 13.0. The van der Waals surface area contributed by atoms with Crippen molar-refractivity contribution in [3.8, 4) is 11.5 Å². The number of aliphatic hydroxyl groups excluding tert-OH is 1. The summed E-state index contributed by atoms with van der Waals surface area (Å²) in [5, 5.41) is 10.6. The average Bonchev–Trinajstić information content (AvgIpc) is 2.48. The van der Waals surface area contributed by atoms with E-state index < -0.39 is 6.10 Å². The molecule has 1 N–H and O–H groups in total. The summed E-state index contributed by atoms with van der Waals surface area (Å²) < 4.78 is 11.5. The highest BCUT2D eigenvalue weighted by molar-refractivity contribution is 5.41. The molecule has 0 aromatic heterocycles. The standard InChI is InChI=1S/C17H18O3/c1-11-7-8-12(2)13(9-11)17(18)16-10-19-14-5-3-4-6-15(14)20-16/h3-9,16-18H,10H2,1-2H3. The van der Waals surface area contributed by atoms with Crippen LogP contribution in [0.1, 0.15) is 22.8 Å². The maximum Gasteiger partial charge on any atom is 0.163 e. The first-order valence-corrected chi connectivity index (χ1v) is 6.79. The fourth-order valence-corrected chi connectivity index (χ4v) is 2.47. The second-order valence-corrected chi connectivity index (χ2v) is 5.22. The van der Waals surface area contributed by atoms with Crippen LogP contribution in [0.4, 0.5) is 0 Å². The van der Waals surface area contributed by atoms with Gasteiger partial charge < -0.3 is 14.6 Å². The molecule has 0 bridgehead atoms. The molecular formula is C17H18O3. The second kappa shape index (κ2) is 5.17. The normalized spacial score (nSPS) is 18.6. The van der Waals surface area contributed by atoms with Crippen LogP contribution >= 0.6 is 0 Å². The molecule has 2 atom stereocenters. The summed E-state index contributed by atoms with van der Waals surface area (Å²) in [7, 11) is 0. The summed E-state index contributed by atoms with van der Waals surface area (Å²) in [6.07, 6.45) is -1.08. The number of hydrogen-bond donors (Lipinski definition) is 1. The number of hydrogen-bond acceptors (Lipinski definition) is 3. The van der Waals surface area contributed by atoms with Gasteiger partial charge in [-0.15, -0.1) is 0 Å². The molecule has 2 aromatic rings. The highest BCUT2D eigenvalue weighted by Crippen LogP contribution is 2.35. The van der Waals surface area contributed by atoms with Crippen molar-refractivity contribution >= 4 is 0 Å². The van der Waals surface area contributed by atoms with Gasteiger partial charge in [-0.05, 0) is 37.1 Å². The topological polar surface area (TPSA) is 38.7 Å². The average molecular weight is 270 g/mol. The van der Waals surface area contributed by atoms with Gasteiger partial charge in [0.2, 0.25) is 0 Å². The zero-order valence-electron chi connectivity index (χ0n) is 11.7. The minimum Gasteiger partial charge on any atom is -0.486 e. The van der Waals surface area contributed by atoms with Crippen molar-refractivity contribution in [2.45, 2.75) is 26.1 Å². The third-order valence-electron chi connectivity index (χ3n) is 3.64. The maximum absolute atomic E-state index is 10.6. The number of fused-ring (bicyclic) bond motifs is 1. The van der Waals surface area contributed by atoms with Crippen molar-refractivity contribution in [1.29, 1.82) is 0 Å². The summed E-state index contributed by atoms with van der Waals surface area (Å²) >= 11 is 0. The molecule has 2 aromatic carbocycles. The van der Waals surface area contributed by atoms with E-state index >= 15 is 0 Å². The Bertz CT molecular complexity index is 621. The maximum atomic E-state index is 10.6. The van der Waals surface area contributed by atoms with E-state index in [2.05, 4.69) is 0 Å². The van der Waals surface area contributed by atoms with Gasteiger partial charge in [0.25, 0.3) is 0 Å². The molecule has 3 rings (SSSR count). The molecule has 0 saturated heterocycles. The molecule has 3 nitrogen and oxygen atoms in total. The molecule has 1 aliphatic heterocycles. The lowest BCUT2D eigenvalue weighted by Crippen LogP contribution is -2.35. The predicted molar refractivity (Wildman–Crippen MR) is 77.2 cm³/mol. The van der Waals surface area contributed by atoms with Crippen molar-refractivity contribution in [1.82, 2.24) is 0 Å². The van der Waals surface area contributed by atoms with E-state index in [1.165, 1.54) is 0 Å². The molecule has 2 unspecified atom stereocenters. The fourth-order valence-electron chi connectivity index (χ4n) is 2.47. The molecule has 0 fully saturated rings. The van der Waals surface area contributed by atoms with E-state index in [9.17, 15) is 5.11 Å². The minimum atomic E-state index is -0.691. The van der Waals surface area contributed by atoms with Crippen LogP contribution in [0.2, 0.25) is 0 Å². The summed E-state index contributed by atoms with van der Waals surface area (Å²) in [5.74, 6) is 1.42. The number of benzene rings is 2. The number of ether oxygens (including phenoxy) is 2. The van der Waals surface area contributed by atoms with Gasteiger partial charge in [-0.3, -0.25) is 0 Å². The number of aryl methyl sites for hydroxylation is 2. The fraction of sp³-hybridized carbons (Fsp3) is 0.294. The van der Waals surface area contributed by atoms with E-state index in [0.29, 0.717) is 12.4 Å². The lowest BCUT2D eigenvalue weighted by atomic mass is 9.97. The minimum absolute atomic E-state index is 0.353. The van der Waals surface area contributed by atoms with Crippen molar-refractivity contribution in [2.75, 3.05) is 6.61 Å². The molecule has 0 saturated carbocycles. The SMILES string of the molecule is Cc1ccc(C)c(C(O)C2COc3ccccc3O2)c1. The van der Waals surface area contributed by atoms with Gasteiger partial charge in [0, 0.05) is 0 Å². The Morgan fingerprint density at radius 1 is 1.10 bits per heavy atom. The smallest absolute Gasteiger partial charge is 0.163 e. The summed E-state index contributed by atoms with van der Waals surface area (Å²) in [4.78, 5) is 0.